The van der Waals surface area contributed by atoms with Gasteiger partial charge in [-0.05, 0) is 73.4 Å². The largest absolute Gasteiger partial charge is 0.322 e. The molecular formula is C23H24N2O3S. The van der Waals surface area contributed by atoms with E-state index in [0.29, 0.717) is 5.56 Å². The van der Waals surface area contributed by atoms with Crippen LogP contribution in [-0.4, -0.2) is 14.3 Å². The van der Waals surface area contributed by atoms with Gasteiger partial charge < -0.3 is 5.32 Å². The molecule has 0 atom stereocenters. The third kappa shape index (κ3) is 5.10. The molecule has 0 aliphatic heterocycles. The highest BCUT2D eigenvalue weighted by molar-refractivity contribution is 7.89. The standard InChI is InChI=1S/C23H24N2O3S/c1-16-8-13-21(14-18(16)3)29(27,28)24-15-19-9-11-20(12-10-19)23(26)25-22-7-5-4-6-17(22)2/h4-14,24H,15H2,1-3H3,(H,25,26). The van der Waals surface area contributed by atoms with Crippen molar-refractivity contribution in [2.45, 2.75) is 32.2 Å². The Kier molecular flexibility index (Phi) is 6.15. The van der Waals surface area contributed by atoms with E-state index in [0.717, 1.165) is 27.9 Å². The number of rotatable bonds is 6. The summed E-state index contributed by atoms with van der Waals surface area (Å²) in [6.45, 7) is 5.90. The van der Waals surface area contributed by atoms with Crippen molar-refractivity contribution >= 4 is 21.6 Å². The van der Waals surface area contributed by atoms with Crippen molar-refractivity contribution in [2.24, 2.45) is 0 Å². The predicted octanol–water partition coefficient (Wildman–Crippen LogP) is 4.34. The van der Waals surface area contributed by atoms with Crippen molar-refractivity contribution in [1.29, 1.82) is 0 Å². The summed E-state index contributed by atoms with van der Waals surface area (Å²) in [5.74, 6) is -0.207. The maximum Gasteiger partial charge on any atom is 0.255 e. The van der Waals surface area contributed by atoms with Crippen LogP contribution in [0, 0.1) is 20.8 Å². The number of hydrogen-bond acceptors (Lipinski definition) is 3. The van der Waals surface area contributed by atoms with E-state index in [-0.39, 0.29) is 17.3 Å². The minimum Gasteiger partial charge on any atom is -0.322 e. The topological polar surface area (TPSA) is 75.3 Å². The molecule has 0 radical (unpaired) electrons. The quantitative estimate of drug-likeness (QED) is 0.637. The lowest BCUT2D eigenvalue weighted by Gasteiger charge is -2.10. The van der Waals surface area contributed by atoms with Crippen molar-refractivity contribution in [3.8, 4) is 0 Å². The summed E-state index contributed by atoms with van der Waals surface area (Å²) in [6.07, 6.45) is 0. The van der Waals surface area contributed by atoms with Gasteiger partial charge in [-0.25, -0.2) is 13.1 Å². The smallest absolute Gasteiger partial charge is 0.255 e. The van der Waals surface area contributed by atoms with Crippen LogP contribution in [0.5, 0.6) is 0 Å². The fourth-order valence-corrected chi connectivity index (χ4v) is 3.93. The van der Waals surface area contributed by atoms with Gasteiger partial charge in [0.1, 0.15) is 0 Å². The first kappa shape index (κ1) is 20.8. The summed E-state index contributed by atoms with van der Waals surface area (Å²) in [7, 11) is -3.60. The molecule has 0 heterocycles. The molecule has 0 saturated carbocycles. The highest BCUT2D eigenvalue weighted by Crippen LogP contribution is 2.17. The Morgan fingerprint density at radius 3 is 2.17 bits per heavy atom. The van der Waals surface area contributed by atoms with Gasteiger partial charge in [0.15, 0.2) is 0 Å². The number of amides is 1. The van der Waals surface area contributed by atoms with E-state index >= 15 is 0 Å². The Morgan fingerprint density at radius 2 is 1.52 bits per heavy atom. The minimum atomic E-state index is -3.60. The van der Waals surface area contributed by atoms with Gasteiger partial charge in [-0.15, -0.1) is 0 Å². The molecule has 0 aliphatic rings. The van der Waals surface area contributed by atoms with Gasteiger partial charge in [0.2, 0.25) is 10.0 Å². The number of anilines is 1. The molecule has 1 amide bonds. The molecule has 3 aromatic rings. The van der Waals surface area contributed by atoms with Crippen LogP contribution in [0.25, 0.3) is 0 Å². The number of nitrogens with one attached hydrogen (secondary N) is 2. The van der Waals surface area contributed by atoms with Crippen molar-refractivity contribution in [2.75, 3.05) is 5.32 Å². The van der Waals surface area contributed by atoms with Gasteiger partial charge in [-0.1, -0.05) is 36.4 Å². The maximum absolute atomic E-state index is 12.5. The molecule has 2 N–H and O–H groups in total. The second kappa shape index (κ2) is 8.59. The van der Waals surface area contributed by atoms with Crippen molar-refractivity contribution < 1.29 is 13.2 Å². The SMILES string of the molecule is Cc1ccc(S(=O)(=O)NCc2ccc(C(=O)Nc3ccccc3C)cc2)cc1C. The molecule has 29 heavy (non-hydrogen) atoms. The first-order valence-electron chi connectivity index (χ1n) is 9.29. The van der Waals surface area contributed by atoms with Crippen LogP contribution >= 0.6 is 0 Å². The zero-order valence-corrected chi connectivity index (χ0v) is 17.5. The van der Waals surface area contributed by atoms with Crippen LogP contribution < -0.4 is 10.0 Å². The highest BCUT2D eigenvalue weighted by atomic mass is 32.2. The predicted molar refractivity (Wildman–Crippen MR) is 116 cm³/mol. The van der Waals surface area contributed by atoms with Crippen molar-refractivity contribution in [3.63, 3.8) is 0 Å². The Bertz CT molecular complexity index is 1140. The lowest BCUT2D eigenvalue weighted by molar-refractivity contribution is 0.102. The van der Waals surface area contributed by atoms with Crippen LogP contribution in [0.3, 0.4) is 0 Å². The minimum absolute atomic E-state index is 0.148. The normalized spacial score (nSPS) is 11.3. The average molecular weight is 409 g/mol. The van der Waals surface area contributed by atoms with Gasteiger partial charge in [0, 0.05) is 17.8 Å². The van der Waals surface area contributed by atoms with Crippen LogP contribution in [0.1, 0.15) is 32.6 Å². The second-order valence-corrected chi connectivity index (χ2v) is 8.80. The fourth-order valence-electron chi connectivity index (χ4n) is 2.82. The Hall–Kier alpha value is -2.96. The monoisotopic (exact) mass is 408 g/mol. The van der Waals surface area contributed by atoms with E-state index in [1.807, 2.05) is 45.0 Å². The summed E-state index contributed by atoms with van der Waals surface area (Å²) >= 11 is 0. The van der Waals surface area contributed by atoms with Gasteiger partial charge in [-0.2, -0.15) is 0 Å². The molecule has 3 rings (SSSR count). The van der Waals surface area contributed by atoms with E-state index in [2.05, 4.69) is 10.0 Å². The number of carbonyl (C=O) groups is 1. The second-order valence-electron chi connectivity index (χ2n) is 7.04. The van der Waals surface area contributed by atoms with E-state index in [4.69, 9.17) is 0 Å². The third-order valence-corrected chi connectivity index (χ3v) is 6.26. The highest BCUT2D eigenvalue weighted by Gasteiger charge is 2.14. The molecule has 0 fully saturated rings. The molecule has 6 heteroatoms. The Balaban J connectivity index is 1.65. The van der Waals surface area contributed by atoms with Crippen molar-refractivity contribution in [1.82, 2.24) is 4.72 Å². The number of sulfonamides is 1. The fraction of sp³-hybridized carbons (Fsp3) is 0.174. The van der Waals surface area contributed by atoms with E-state index in [1.165, 1.54) is 0 Å². The average Bonchev–Trinajstić information content (AvgIpc) is 2.70. The maximum atomic E-state index is 12.5. The first-order chi connectivity index (χ1) is 13.8. The zero-order valence-electron chi connectivity index (χ0n) is 16.7. The number of para-hydroxylation sites is 1. The van der Waals surface area contributed by atoms with Gasteiger partial charge in [0.05, 0.1) is 4.90 Å². The summed E-state index contributed by atoms with van der Waals surface area (Å²) in [4.78, 5) is 12.7. The van der Waals surface area contributed by atoms with Crippen LogP contribution in [-0.2, 0) is 16.6 Å². The molecule has 0 aliphatic carbocycles. The molecule has 3 aromatic carbocycles. The number of benzene rings is 3. The molecule has 0 spiro atoms. The molecule has 5 nitrogen and oxygen atoms in total. The molecule has 0 saturated heterocycles. The third-order valence-electron chi connectivity index (χ3n) is 4.86. The zero-order chi connectivity index (χ0) is 21.0. The number of aryl methyl sites for hydroxylation is 3. The number of hydrogen-bond donors (Lipinski definition) is 2. The van der Waals surface area contributed by atoms with Gasteiger partial charge in [0.25, 0.3) is 5.91 Å². The van der Waals surface area contributed by atoms with Gasteiger partial charge in [-0.3, -0.25) is 4.79 Å². The lowest BCUT2D eigenvalue weighted by Crippen LogP contribution is -2.23. The summed E-state index contributed by atoms with van der Waals surface area (Å²) in [5.41, 5.74) is 5.00. The summed E-state index contributed by atoms with van der Waals surface area (Å²) < 4.78 is 27.6. The molecule has 0 unspecified atom stereocenters. The molecule has 0 bridgehead atoms. The van der Waals surface area contributed by atoms with Crippen molar-refractivity contribution in [3.05, 3.63) is 94.5 Å². The molecule has 150 valence electrons. The molecule has 0 aromatic heterocycles. The van der Waals surface area contributed by atoms with Crippen LogP contribution in [0.2, 0.25) is 0 Å². The van der Waals surface area contributed by atoms with E-state index < -0.39 is 10.0 Å². The van der Waals surface area contributed by atoms with Gasteiger partial charge >= 0.3 is 0 Å². The summed E-state index contributed by atoms with van der Waals surface area (Å²) in [5, 5.41) is 2.88. The Labute approximate surface area is 171 Å². The Morgan fingerprint density at radius 1 is 0.828 bits per heavy atom. The van der Waals surface area contributed by atoms with Crippen LogP contribution in [0.4, 0.5) is 5.69 Å². The first-order valence-corrected chi connectivity index (χ1v) is 10.8. The lowest BCUT2D eigenvalue weighted by atomic mass is 10.1. The van der Waals surface area contributed by atoms with E-state index in [9.17, 15) is 13.2 Å². The number of carbonyl (C=O) groups excluding carboxylic acids is 1. The molecular weight excluding hydrogens is 384 g/mol. The van der Waals surface area contributed by atoms with E-state index in [1.54, 1.807) is 42.5 Å². The van der Waals surface area contributed by atoms with Crippen LogP contribution in [0.15, 0.2) is 71.6 Å². The summed E-state index contributed by atoms with van der Waals surface area (Å²) in [6, 6.07) is 19.5.